The predicted octanol–water partition coefficient (Wildman–Crippen LogP) is 0.983. The van der Waals surface area contributed by atoms with Crippen LogP contribution in [0.2, 0.25) is 0 Å². The molecule has 0 bridgehead atoms. The quantitative estimate of drug-likeness (QED) is 0.723. The largest absolute Gasteiger partial charge is 0.378 e. The average Bonchev–Trinajstić information content (AvgIpc) is 2.81. The Labute approximate surface area is 98.6 Å². The van der Waals surface area contributed by atoms with Gasteiger partial charge in [-0.2, -0.15) is 0 Å². The van der Waals surface area contributed by atoms with E-state index in [2.05, 4.69) is 9.88 Å². The number of morpholine rings is 1. The number of aldehydes is 1. The minimum Gasteiger partial charge on any atom is -0.378 e. The van der Waals surface area contributed by atoms with Crippen molar-refractivity contribution < 1.29 is 9.53 Å². The van der Waals surface area contributed by atoms with Gasteiger partial charge in [-0.3, -0.25) is 4.79 Å². The number of imidazole rings is 1. The highest BCUT2D eigenvalue weighted by Gasteiger charge is 2.12. The van der Waals surface area contributed by atoms with Crippen molar-refractivity contribution in [2.75, 3.05) is 31.2 Å². The molecular formula is C12H13N3O2. The molecule has 1 saturated heterocycles. The Morgan fingerprint density at radius 1 is 1.35 bits per heavy atom. The molecule has 5 heteroatoms. The Bertz CT molecular complexity index is 544. The summed E-state index contributed by atoms with van der Waals surface area (Å²) in [6, 6.07) is 4.04. The molecule has 0 N–H and O–H groups in total. The Balaban J connectivity index is 2.01. The van der Waals surface area contributed by atoms with Crippen LogP contribution in [0, 0.1) is 0 Å². The van der Waals surface area contributed by atoms with Crippen molar-refractivity contribution in [1.82, 2.24) is 9.38 Å². The molecule has 0 radical (unpaired) electrons. The summed E-state index contributed by atoms with van der Waals surface area (Å²) >= 11 is 0. The van der Waals surface area contributed by atoms with E-state index in [1.165, 1.54) is 0 Å². The summed E-state index contributed by atoms with van der Waals surface area (Å²) in [6.45, 7) is 3.29. The van der Waals surface area contributed by atoms with Crippen molar-refractivity contribution in [3.63, 3.8) is 0 Å². The summed E-state index contributed by atoms with van der Waals surface area (Å²) in [5.41, 5.74) is 2.45. The lowest BCUT2D eigenvalue weighted by molar-refractivity contribution is 0.112. The Hall–Kier alpha value is -1.88. The van der Waals surface area contributed by atoms with E-state index >= 15 is 0 Å². The highest BCUT2D eigenvalue weighted by Crippen LogP contribution is 2.19. The van der Waals surface area contributed by atoms with Gasteiger partial charge in [-0.05, 0) is 12.1 Å². The van der Waals surface area contributed by atoms with Crippen LogP contribution in [0.1, 0.15) is 10.5 Å². The maximum absolute atomic E-state index is 10.9. The number of pyridine rings is 1. The Morgan fingerprint density at radius 2 is 2.18 bits per heavy atom. The topological polar surface area (TPSA) is 46.8 Å². The van der Waals surface area contributed by atoms with Crippen molar-refractivity contribution in [2.45, 2.75) is 0 Å². The molecule has 1 aliphatic rings. The van der Waals surface area contributed by atoms with E-state index in [1.54, 1.807) is 6.33 Å². The molecule has 2 aromatic rings. The van der Waals surface area contributed by atoms with Gasteiger partial charge in [0.15, 0.2) is 6.29 Å². The van der Waals surface area contributed by atoms with Gasteiger partial charge in [0.1, 0.15) is 12.0 Å². The molecule has 5 nitrogen and oxygen atoms in total. The van der Waals surface area contributed by atoms with Crippen LogP contribution >= 0.6 is 0 Å². The summed E-state index contributed by atoms with van der Waals surface area (Å²) in [5, 5.41) is 0. The van der Waals surface area contributed by atoms with Gasteiger partial charge in [0.25, 0.3) is 0 Å². The standard InChI is InChI=1S/C12H13N3O2/c16-8-11-12-7-10(1-2-15(12)9-13-11)14-3-5-17-6-4-14/h1-2,7-9H,3-6H2. The van der Waals surface area contributed by atoms with E-state index in [9.17, 15) is 4.79 Å². The summed E-state index contributed by atoms with van der Waals surface area (Å²) in [5.74, 6) is 0. The fraction of sp³-hybridized carbons (Fsp3) is 0.333. The number of carbonyl (C=O) groups excluding carboxylic acids is 1. The van der Waals surface area contributed by atoms with E-state index in [-0.39, 0.29) is 0 Å². The SMILES string of the molecule is O=Cc1ncn2ccc(N3CCOCC3)cc12. The molecule has 2 aromatic heterocycles. The Morgan fingerprint density at radius 3 is 2.94 bits per heavy atom. The molecule has 0 spiro atoms. The zero-order chi connectivity index (χ0) is 11.7. The van der Waals surface area contributed by atoms with Crippen LogP contribution < -0.4 is 4.90 Å². The number of nitrogens with zero attached hydrogens (tertiary/aromatic N) is 3. The van der Waals surface area contributed by atoms with Crippen LogP contribution in [0.5, 0.6) is 0 Å². The molecule has 0 atom stereocenters. The van der Waals surface area contributed by atoms with Crippen molar-refractivity contribution >= 4 is 17.5 Å². The third kappa shape index (κ3) is 1.78. The lowest BCUT2D eigenvalue weighted by Crippen LogP contribution is -2.36. The van der Waals surface area contributed by atoms with Crippen LogP contribution in [0.4, 0.5) is 5.69 Å². The van der Waals surface area contributed by atoms with Crippen LogP contribution in [0.15, 0.2) is 24.7 Å². The van der Waals surface area contributed by atoms with Gasteiger partial charge in [-0.15, -0.1) is 0 Å². The lowest BCUT2D eigenvalue weighted by atomic mass is 10.2. The highest BCUT2D eigenvalue weighted by atomic mass is 16.5. The number of aromatic nitrogens is 2. The summed E-state index contributed by atoms with van der Waals surface area (Å²) in [6.07, 6.45) is 4.38. The van der Waals surface area contributed by atoms with E-state index < -0.39 is 0 Å². The molecule has 0 aromatic carbocycles. The van der Waals surface area contributed by atoms with Gasteiger partial charge in [0.2, 0.25) is 0 Å². The number of carbonyl (C=O) groups is 1. The molecule has 0 saturated carbocycles. The normalized spacial score (nSPS) is 16.4. The molecule has 1 aliphatic heterocycles. The third-order valence-electron chi connectivity index (χ3n) is 3.04. The summed E-state index contributed by atoms with van der Waals surface area (Å²) in [4.78, 5) is 17.2. The van der Waals surface area contributed by atoms with E-state index in [4.69, 9.17) is 4.74 Å². The van der Waals surface area contributed by atoms with Crippen molar-refractivity contribution in [3.8, 4) is 0 Å². The first-order valence-corrected chi connectivity index (χ1v) is 5.63. The first-order chi connectivity index (χ1) is 8.38. The minimum atomic E-state index is 0.486. The summed E-state index contributed by atoms with van der Waals surface area (Å²) in [7, 11) is 0. The van der Waals surface area contributed by atoms with Gasteiger partial charge in [0, 0.05) is 25.0 Å². The number of anilines is 1. The zero-order valence-electron chi connectivity index (χ0n) is 9.37. The second kappa shape index (κ2) is 4.18. The smallest absolute Gasteiger partial charge is 0.170 e. The molecule has 0 amide bonds. The molecule has 88 valence electrons. The molecule has 3 rings (SSSR count). The maximum Gasteiger partial charge on any atom is 0.170 e. The van der Waals surface area contributed by atoms with Gasteiger partial charge in [0.05, 0.1) is 18.7 Å². The number of rotatable bonds is 2. The van der Waals surface area contributed by atoms with Crippen molar-refractivity contribution in [1.29, 1.82) is 0 Å². The second-order valence-corrected chi connectivity index (χ2v) is 4.02. The molecule has 0 unspecified atom stereocenters. The van der Waals surface area contributed by atoms with Gasteiger partial charge in [-0.25, -0.2) is 4.98 Å². The van der Waals surface area contributed by atoms with E-state index in [0.29, 0.717) is 5.69 Å². The summed E-state index contributed by atoms with van der Waals surface area (Å²) < 4.78 is 7.18. The molecule has 1 fully saturated rings. The van der Waals surface area contributed by atoms with Crippen LogP contribution in [-0.2, 0) is 4.74 Å². The first kappa shape index (κ1) is 10.3. The van der Waals surface area contributed by atoms with Crippen LogP contribution in [0.25, 0.3) is 5.52 Å². The molecule has 3 heterocycles. The lowest BCUT2D eigenvalue weighted by Gasteiger charge is -2.28. The fourth-order valence-electron chi connectivity index (χ4n) is 2.11. The monoisotopic (exact) mass is 231 g/mol. The van der Waals surface area contributed by atoms with Crippen LogP contribution in [0.3, 0.4) is 0 Å². The van der Waals surface area contributed by atoms with Gasteiger partial charge in [-0.1, -0.05) is 0 Å². The predicted molar refractivity (Wildman–Crippen MR) is 63.6 cm³/mol. The molecular weight excluding hydrogens is 218 g/mol. The average molecular weight is 231 g/mol. The van der Waals surface area contributed by atoms with Crippen LogP contribution in [-0.4, -0.2) is 42.0 Å². The number of fused-ring (bicyclic) bond motifs is 1. The Kier molecular flexibility index (Phi) is 2.53. The first-order valence-electron chi connectivity index (χ1n) is 5.63. The maximum atomic E-state index is 10.9. The molecule has 0 aliphatic carbocycles. The number of hydrogen-bond donors (Lipinski definition) is 0. The van der Waals surface area contributed by atoms with E-state index in [0.717, 1.165) is 43.8 Å². The number of hydrogen-bond acceptors (Lipinski definition) is 4. The molecule has 17 heavy (non-hydrogen) atoms. The van der Waals surface area contributed by atoms with Crippen molar-refractivity contribution in [2.24, 2.45) is 0 Å². The van der Waals surface area contributed by atoms with E-state index in [1.807, 2.05) is 22.7 Å². The second-order valence-electron chi connectivity index (χ2n) is 4.02. The fourth-order valence-corrected chi connectivity index (χ4v) is 2.11. The van der Waals surface area contributed by atoms with Gasteiger partial charge < -0.3 is 14.0 Å². The highest BCUT2D eigenvalue weighted by molar-refractivity contribution is 5.84. The zero-order valence-corrected chi connectivity index (χ0v) is 9.37. The minimum absolute atomic E-state index is 0.486. The number of ether oxygens (including phenoxy) is 1. The van der Waals surface area contributed by atoms with Crippen molar-refractivity contribution in [3.05, 3.63) is 30.4 Å². The van der Waals surface area contributed by atoms with Gasteiger partial charge >= 0.3 is 0 Å². The third-order valence-corrected chi connectivity index (χ3v) is 3.04.